The van der Waals surface area contributed by atoms with E-state index in [0.717, 1.165) is 6.42 Å². The summed E-state index contributed by atoms with van der Waals surface area (Å²) in [5.41, 5.74) is 2.76. The van der Waals surface area contributed by atoms with Crippen LogP contribution in [-0.2, 0) is 6.42 Å². The molecular formula is C11H14. The highest BCUT2D eigenvalue weighted by atomic mass is 13.9. The Hall–Kier alpha value is -1.22. The van der Waals surface area contributed by atoms with Gasteiger partial charge >= 0.3 is 0 Å². The van der Waals surface area contributed by atoms with E-state index in [0.29, 0.717) is 0 Å². The average Bonchev–Trinajstić information content (AvgIpc) is 2.10. The molecule has 0 unspecified atom stereocenters. The molecule has 0 saturated carbocycles. The molecule has 0 amide bonds. The fourth-order valence-electron chi connectivity index (χ4n) is 0.824. The van der Waals surface area contributed by atoms with Crippen LogP contribution in [0, 0.1) is 19.8 Å². The van der Waals surface area contributed by atoms with Gasteiger partial charge in [-0.05, 0) is 18.9 Å². The van der Waals surface area contributed by atoms with Crippen LogP contribution in [0.3, 0.4) is 0 Å². The van der Waals surface area contributed by atoms with E-state index in [-0.39, 0.29) is 0 Å². The number of benzene rings is 1. The molecule has 11 heavy (non-hydrogen) atoms. The van der Waals surface area contributed by atoms with Gasteiger partial charge < -0.3 is 0 Å². The Morgan fingerprint density at radius 2 is 1.55 bits per heavy atom. The second kappa shape index (κ2) is 5.56. The van der Waals surface area contributed by atoms with Gasteiger partial charge in [-0.1, -0.05) is 36.8 Å². The van der Waals surface area contributed by atoms with Crippen LogP contribution in [0.2, 0.25) is 0 Å². The van der Waals surface area contributed by atoms with Crippen molar-refractivity contribution in [2.75, 3.05) is 0 Å². The third-order valence-corrected chi connectivity index (χ3v) is 1.53. The molecule has 0 heteroatoms. The Morgan fingerprint density at radius 1 is 1.09 bits per heavy atom. The molecule has 58 valence electrons. The quantitative estimate of drug-likeness (QED) is 0.534. The summed E-state index contributed by atoms with van der Waals surface area (Å²) in [6.07, 6.45) is 9.14. The van der Waals surface area contributed by atoms with Crippen molar-refractivity contribution in [3.05, 3.63) is 35.4 Å². The summed E-state index contributed by atoms with van der Waals surface area (Å²) in [6, 6.07) is 8.66. The van der Waals surface area contributed by atoms with E-state index in [1.165, 1.54) is 11.1 Å². The lowest BCUT2D eigenvalue weighted by Gasteiger charge is -1.94. The lowest BCUT2D eigenvalue weighted by molar-refractivity contribution is 1.14. The van der Waals surface area contributed by atoms with Crippen molar-refractivity contribution in [1.82, 2.24) is 0 Å². The first-order chi connectivity index (χ1) is 5.33. The van der Waals surface area contributed by atoms with E-state index < -0.39 is 0 Å². The van der Waals surface area contributed by atoms with Gasteiger partial charge in [-0.25, -0.2) is 0 Å². The van der Waals surface area contributed by atoms with Gasteiger partial charge in [0.1, 0.15) is 0 Å². The molecule has 0 atom stereocenters. The summed E-state index contributed by atoms with van der Waals surface area (Å²) >= 11 is 0. The number of rotatable bonds is 1. The molecule has 0 aliphatic heterocycles. The molecule has 0 aliphatic rings. The highest BCUT2D eigenvalue weighted by Gasteiger charge is 1.84. The van der Waals surface area contributed by atoms with Crippen molar-refractivity contribution < 1.29 is 0 Å². The molecule has 0 radical (unpaired) electrons. The van der Waals surface area contributed by atoms with Crippen molar-refractivity contribution in [2.24, 2.45) is 0 Å². The number of aryl methyl sites for hydroxylation is 2. The minimum atomic E-state index is 1.14. The van der Waals surface area contributed by atoms with Crippen molar-refractivity contribution in [2.45, 2.75) is 20.3 Å². The molecule has 0 nitrogen and oxygen atoms in total. The molecule has 1 aromatic carbocycles. The molecule has 1 aromatic rings. The van der Waals surface area contributed by atoms with E-state index in [1.54, 1.807) is 0 Å². The Kier molecular flexibility index (Phi) is 4.94. The topological polar surface area (TPSA) is 0 Å². The molecule has 0 N–H and O–H groups in total. The minimum absolute atomic E-state index is 1.14. The van der Waals surface area contributed by atoms with E-state index in [4.69, 9.17) is 0 Å². The van der Waals surface area contributed by atoms with Crippen molar-refractivity contribution in [1.29, 1.82) is 0 Å². The van der Waals surface area contributed by atoms with Crippen LogP contribution < -0.4 is 0 Å². The molecule has 0 heterocycles. The zero-order chi connectivity index (χ0) is 8.69. The average molecular weight is 146 g/mol. The molecule has 0 bridgehead atoms. The van der Waals surface area contributed by atoms with E-state index >= 15 is 0 Å². The van der Waals surface area contributed by atoms with Crippen LogP contribution >= 0.6 is 0 Å². The smallest absolute Gasteiger partial charge is 0.0307 e. The molecule has 0 aromatic heterocycles. The molecule has 1 rings (SSSR count). The fraction of sp³-hybridized carbons (Fsp3) is 0.273. The molecule has 0 fully saturated rings. The summed E-state index contributed by atoms with van der Waals surface area (Å²) < 4.78 is 0. The van der Waals surface area contributed by atoms with Crippen molar-refractivity contribution in [3.8, 4) is 12.8 Å². The van der Waals surface area contributed by atoms with Crippen LogP contribution in [0.25, 0.3) is 0 Å². The molecular weight excluding hydrogens is 132 g/mol. The van der Waals surface area contributed by atoms with Gasteiger partial charge in [-0.2, -0.15) is 0 Å². The molecule has 0 spiro atoms. The zero-order valence-corrected chi connectivity index (χ0v) is 7.17. The fourth-order valence-corrected chi connectivity index (χ4v) is 0.824. The monoisotopic (exact) mass is 146 g/mol. The van der Waals surface area contributed by atoms with E-state index in [1.807, 2.05) is 0 Å². The lowest BCUT2D eigenvalue weighted by atomic mass is 10.1. The summed E-state index contributed by atoms with van der Waals surface area (Å²) in [5, 5.41) is 0. The Bertz CT molecular complexity index is 203. The summed E-state index contributed by atoms with van der Waals surface area (Å²) in [7, 11) is 0. The summed E-state index contributed by atoms with van der Waals surface area (Å²) in [5.74, 6) is 0. The second-order valence-corrected chi connectivity index (χ2v) is 2.34. The highest BCUT2D eigenvalue weighted by molar-refractivity contribution is 5.20. The second-order valence-electron chi connectivity index (χ2n) is 2.34. The maximum absolute atomic E-state index is 4.00. The summed E-state index contributed by atoms with van der Waals surface area (Å²) in [4.78, 5) is 0. The Labute approximate surface area is 69.3 Å². The van der Waals surface area contributed by atoms with Gasteiger partial charge in [0, 0.05) is 0 Å². The Morgan fingerprint density at radius 3 is 1.91 bits per heavy atom. The van der Waals surface area contributed by atoms with Crippen molar-refractivity contribution in [3.63, 3.8) is 0 Å². The number of hydrogen-bond donors (Lipinski definition) is 0. The standard InChI is InChI=1S/C9H12.C2H2/c1-3-9-6-4-8(2)5-7-9;1-2/h4-7H,3H2,1-2H3;1-2H. The third-order valence-electron chi connectivity index (χ3n) is 1.53. The Balaban J connectivity index is 0.000000461. The maximum atomic E-state index is 4.00. The lowest BCUT2D eigenvalue weighted by Crippen LogP contribution is -1.77. The van der Waals surface area contributed by atoms with Gasteiger partial charge in [0.25, 0.3) is 0 Å². The largest absolute Gasteiger partial charge is 0.124 e. The first-order valence-corrected chi connectivity index (χ1v) is 3.72. The molecule has 0 saturated heterocycles. The van der Waals surface area contributed by atoms with Gasteiger partial charge in [0.05, 0.1) is 0 Å². The zero-order valence-electron chi connectivity index (χ0n) is 7.17. The summed E-state index contributed by atoms with van der Waals surface area (Å²) in [6.45, 7) is 4.28. The highest BCUT2D eigenvalue weighted by Crippen LogP contribution is 2.02. The van der Waals surface area contributed by atoms with Crippen LogP contribution in [0.5, 0.6) is 0 Å². The van der Waals surface area contributed by atoms with Gasteiger partial charge in [0.2, 0.25) is 0 Å². The molecule has 0 aliphatic carbocycles. The van der Waals surface area contributed by atoms with E-state index in [9.17, 15) is 0 Å². The van der Waals surface area contributed by atoms with Crippen LogP contribution in [-0.4, -0.2) is 0 Å². The van der Waals surface area contributed by atoms with Crippen LogP contribution in [0.4, 0.5) is 0 Å². The predicted molar refractivity (Wildman–Crippen MR) is 50.4 cm³/mol. The van der Waals surface area contributed by atoms with Crippen LogP contribution in [0.15, 0.2) is 24.3 Å². The van der Waals surface area contributed by atoms with Gasteiger partial charge in [-0.15, -0.1) is 12.8 Å². The van der Waals surface area contributed by atoms with Crippen molar-refractivity contribution >= 4 is 0 Å². The van der Waals surface area contributed by atoms with Gasteiger partial charge in [0.15, 0.2) is 0 Å². The predicted octanol–water partition coefficient (Wildman–Crippen LogP) is 2.81. The normalized spacial score (nSPS) is 8.00. The van der Waals surface area contributed by atoms with Crippen LogP contribution in [0.1, 0.15) is 18.1 Å². The van der Waals surface area contributed by atoms with Gasteiger partial charge in [-0.3, -0.25) is 0 Å². The SMILES string of the molecule is C#C.CCc1ccc(C)cc1. The third kappa shape index (κ3) is 3.47. The minimum Gasteiger partial charge on any atom is -0.124 e. The maximum Gasteiger partial charge on any atom is -0.0307 e. The van der Waals surface area contributed by atoms with E-state index in [2.05, 4.69) is 51.0 Å². The number of terminal acetylenes is 1. The first kappa shape index (κ1) is 9.78. The first-order valence-electron chi connectivity index (χ1n) is 3.72. The number of hydrogen-bond acceptors (Lipinski definition) is 0.